The van der Waals surface area contributed by atoms with Crippen molar-refractivity contribution in [2.75, 3.05) is 13.2 Å². The minimum Gasteiger partial charge on any atom is -0.378 e. The molecule has 0 aliphatic carbocycles. The Morgan fingerprint density at radius 3 is 3.08 bits per heavy atom. The van der Waals surface area contributed by atoms with E-state index in [1.54, 1.807) is 0 Å². The molecule has 0 spiro atoms. The van der Waals surface area contributed by atoms with Gasteiger partial charge in [0, 0.05) is 19.1 Å². The second-order valence-electron chi connectivity index (χ2n) is 3.07. The molecule has 1 saturated heterocycles. The average molecular weight is 169 g/mol. The molecule has 3 heteroatoms. The second-order valence-corrected chi connectivity index (χ2v) is 3.07. The maximum atomic E-state index is 10.8. The van der Waals surface area contributed by atoms with Crippen LogP contribution in [0.2, 0.25) is 0 Å². The summed E-state index contributed by atoms with van der Waals surface area (Å²) in [6.07, 6.45) is 2.61. The van der Waals surface area contributed by atoms with Gasteiger partial charge in [0.05, 0.1) is 6.10 Å². The third-order valence-electron chi connectivity index (χ3n) is 2.26. The summed E-state index contributed by atoms with van der Waals surface area (Å²) in [6, 6.07) is 0. The van der Waals surface area contributed by atoms with E-state index in [4.69, 9.17) is 4.74 Å². The molecule has 12 heavy (non-hydrogen) atoms. The Kier molecular flexibility index (Phi) is 3.29. The van der Waals surface area contributed by atoms with Gasteiger partial charge in [-0.15, -0.1) is 0 Å². The largest absolute Gasteiger partial charge is 0.378 e. The van der Waals surface area contributed by atoms with Gasteiger partial charge in [-0.1, -0.05) is 6.58 Å². The van der Waals surface area contributed by atoms with Gasteiger partial charge in [0.1, 0.15) is 0 Å². The van der Waals surface area contributed by atoms with Crippen LogP contribution in [0.4, 0.5) is 0 Å². The molecule has 1 amide bonds. The van der Waals surface area contributed by atoms with E-state index in [-0.39, 0.29) is 12.0 Å². The van der Waals surface area contributed by atoms with Gasteiger partial charge in [0.25, 0.3) is 0 Å². The number of ether oxygens (including phenoxy) is 1. The molecule has 0 radical (unpaired) electrons. The summed E-state index contributed by atoms with van der Waals surface area (Å²) in [5, 5.41) is 2.77. The van der Waals surface area contributed by atoms with Crippen molar-refractivity contribution in [1.29, 1.82) is 0 Å². The number of nitrogens with one attached hydrogen (secondary N) is 1. The molecule has 1 heterocycles. The van der Waals surface area contributed by atoms with Crippen molar-refractivity contribution in [3.05, 3.63) is 12.7 Å². The van der Waals surface area contributed by atoms with Crippen LogP contribution in [0, 0.1) is 5.92 Å². The van der Waals surface area contributed by atoms with Crippen molar-refractivity contribution >= 4 is 5.91 Å². The normalized spacial score (nSPS) is 28.4. The van der Waals surface area contributed by atoms with Crippen LogP contribution in [0.3, 0.4) is 0 Å². The summed E-state index contributed by atoms with van der Waals surface area (Å²) in [4.78, 5) is 10.8. The Balaban J connectivity index is 2.22. The molecule has 1 aliphatic rings. The van der Waals surface area contributed by atoms with E-state index in [2.05, 4.69) is 11.9 Å². The lowest BCUT2D eigenvalue weighted by Crippen LogP contribution is -2.30. The molecule has 2 atom stereocenters. The summed E-state index contributed by atoms with van der Waals surface area (Å²) in [5.74, 6) is 0.364. The number of hydrogen-bond donors (Lipinski definition) is 1. The van der Waals surface area contributed by atoms with Crippen LogP contribution in [0.5, 0.6) is 0 Å². The molecule has 0 bridgehead atoms. The van der Waals surface area contributed by atoms with Crippen molar-refractivity contribution in [2.24, 2.45) is 5.92 Å². The maximum Gasteiger partial charge on any atom is 0.243 e. The summed E-state index contributed by atoms with van der Waals surface area (Å²) >= 11 is 0. The lowest BCUT2D eigenvalue weighted by Gasteiger charge is -2.13. The molecular formula is C9H15NO2. The van der Waals surface area contributed by atoms with E-state index in [0.717, 1.165) is 13.0 Å². The predicted octanol–water partition coefficient (Wildman–Crippen LogP) is 0.714. The molecule has 1 fully saturated rings. The standard InChI is InChI=1S/C9H15NO2/c1-3-9(11)10-6-8-4-5-12-7(8)2/h3,7-8H,1,4-6H2,2H3,(H,10,11). The van der Waals surface area contributed by atoms with E-state index in [1.165, 1.54) is 6.08 Å². The summed E-state index contributed by atoms with van der Waals surface area (Å²) < 4.78 is 5.35. The van der Waals surface area contributed by atoms with Crippen LogP contribution in [0.25, 0.3) is 0 Å². The second kappa shape index (κ2) is 4.26. The number of carbonyl (C=O) groups is 1. The van der Waals surface area contributed by atoms with Crippen molar-refractivity contribution in [1.82, 2.24) is 5.32 Å². The van der Waals surface area contributed by atoms with Crippen LogP contribution in [-0.4, -0.2) is 25.2 Å². The van der Waals surface area contributed by atoms with Gasteiger partial charge in [0.2, 0.25) is 5.91 Å². The summed E-state index contributed by atoms with van der Waals surface area (Å²) in [5.41, 5.74) is 0. The SMILES string of the molecule is C=CC(=O)NCC1CCOC1C. The lowest BCUT2D eigenvalue weighted by atomic mass is 10.0. The molecular weight excluding hydrogens is 154 g/mol. The van der Waals surface area contributed by atoms with Gasteiger partial charge < -0.3 is 10.1 Å². The molecule has 1 rings (SSSR count). The molecule has 68 valence electrons. The van der Waals surface area contributed by atoms with Crippen molar-refractivity contribution in [2.45, 2.75) is 19.4 Å². The van der Waals surface area contributed by atoms with Gasteiger partial charge in [-0.2, -0.15) is 0 Å². The summed E-state index contributed by atoms with van der Waals surface area (Å²) in [7, 11) is 0. The first kappa shape index (κ1) is 9.26. The highest BCUT2D eigenvalue weighted by Crippen LogP contribution is 2.18. The van der Waals surface area contributed by atoms with Crippen molar-refractivity contribution in [3.8, 4) is 0 Å². The molecule has 3 nitrogen and oxygen atoms in total. The first-order chi connectivity index (χ1) is 5.74. The van der Waals surface area contributed by atoms with Crippen LogP contribution in [0.1, 0.15) is 13.3 Å². The van der Waals surface area contributed by atoms with Gasteiger partial charge in [0.15, 0.2) is 0 Å². The van der Waals surface area contributed by atoms with Crippen LogP contribution < -0.4 is 5.32 Å². The molecule has 0 saturated carbocycles. The first-order valence-electron chi connectivity index (χ1n) is 4.26. The highest BCUT2D eigenvalue weighted by atomic mass is 16.5. The number of carbonyl (C=O) groups excluding carboxylic acids is 1. The number of amides is 1. The van der Waals surface area contributed by atoms with Gasteiger partial charge >= 0.3 is 0 Å². The quantitative estimate of drug-likeness (QED) is 0.632. The van der Waals surface area contributed by atoms with E-state index in [0.29, 0.717) is 12.5 Å². The highest BCUT2D eigenvalue weighted by Gasteiger charge is 2.23. The topological polar surface area (TPSA) is 38.3 Å². The smallest absolute Gasteiger partial charge is 0.243 e. The van der Waals surface area contributed by atoms with E-state index < -0.39 is 0 Å². The zero-order valence-corrected chi connectivity index (χ0v) is 7.38. The van der Waals surface area contributed by atoms with Gasteiger partial charge in [-0.05, 0) is 19.4 Å². The van der Waals surface area contributed by atoms with Crippen molar-refractivity contribution in [3.63, 3.8) is 0 Å². The lowest BCUT2D eigenvalue weighted by molar-refractivity contribution is -0.116. The van der Waals surface area contributed by atoms with Crippen LogP contribution >= 0.6 is 0 Å². The number of hydrogen-bond acceptors (Lipinski definition) is 2. The molecule has 0 aromatic rings. The third kappa shape index (κ3) is 2.34. The summed E-state index contributed by atoms with van der Waals surface area (Å²) in [6.45, 7) is 6.94. The maximum absolute atomic E-state index is 10.8. The fraction of sp³-hybridized carbons (Fsp3) is 0.667. The monoisotopic (exact) mass is 169 g/mol. The molecule has 1 N–H and O–H groups in total. The van der Waals surface area contributed by atoms with E-state index >= 15 is 0 Å². The van der Waals surface area contributed by atoms with Crippen molar-refractivity contribution < 1.29 is 9.53 Å². The average Bonchev–Trinajstić information content (AvgIpc) is 2.47. The van der Waals surface area contributed by atoms with Gasteiger partial charge in [-0.3, -0.25) is 4.79 Å². The minimum absolute atomic E-state index is 0.103. The molecule has 0 aromatic heterocycles. The Morgan fingerprint density at radius 1 is 1.83 bits per heavy atom. The molecule has 1 aliphatic heterocycles. The molecule has 2 unspecified atom stereocenters. The fourth-order valence-corrected chi connectivity index (χ4v) is 1.35. The van der Waals surface area contributed by atoms with Gasteiger partial charge in [-0.25, -0.2) is 0 Å². The van der Waals surface area contributed by atoms with Crippen LogP contribution in [0.15, 0.2) is 12.7 Å². The minimum atomic E-state index is -0.103. The predicted molar refractivity (Wildman–Crippen MR) is 46.7 cm³/mol. The zero-order chi connectivity index (χ0) is 8.97. The number of rotatable bonds is 3. The van der Waals surface area contributed by atoms with E-state index in [1.807, 2.05) is 6.92 Å². The Hall–Kier alpha value is -0.830. The fourth-order valence-electron chi connectivity index (χ4n) is 1.35. The Bertz CT molecular complexity index is 179. The zero-order valence-electron chi connectivity index (χ0n) is 7.38. The Labute approximate surface area is 72.8 Å². The van der Waals surface area contributed by atoms with E-state index in [9.17, 15) is 4.79 Å². The molecule has 0 aromatic carbocycles. The first-order valence-corrected chi connectivity index (χ1v) is 4.26. The highest BCUT2D eigenvalue weighted by molar-refractivity contribution is 5.86. The third-order valence-corrected chi connectivity index (χ3v) is 2.26. The van der Waals surface area contributed by atoms with Crippen LogP contribution in [-0.2, 0) is 9.53 Å². The Morgan fingerprint density at radius 2 is 2.58 bits per heavy atom.